The van der Waals surface area contributed by atoms with Crippen LogP contribution >= 0.6 is 0 Å². The van der Waals surface area contributed by atoms with Gasteiger partial charge in [0, 0.05) is 0 Å². The molecule has 1 aliphatic rings. The lowest BCUT2D eigenvalue weighted by Gasteiger charge is -2.42. The zero-order valence-corrected chi connectivity index (χ0v) is 14.7. The van der Waals surface area contributed by atoms with Gasteiger partial charge < -0.3 is 4.43 Å². The second-order valence-electron chi connectivity index (χ2n) is 7.07. The Labute approximate surface area is 120 Å². The maximum Gasteiger partial charge on any atom is 0.295 e. The lowest BCUT2D eigenvalue weighted by Crippen LogP contribution is -2.50. The molecule has 0 aromatic heterocycles. The summed E-state index contributed by atoms with van der Waals surface area (Å²) in [6, 6.07) is 0. The van der Waals surface area contributed by atoms with Crippen molar-refractivity contribution < 1.29 is 9.22 Å². The van der Waals surface area contributed by atoms with Crippen molar-refractivity contribution in [3.05, 3.63) is 0 Å². The van der Waals surface area contributed by atoms with Gasteiger partial charge >= 0.3 is 0 Å². The summed E-state index contributed by atoms with van der Waals surface area (Å²) in [4.78, 5) is 12.5. The number of rotatable bonds is 5. The topological polar surface area (TPSA) is 26.3 Å². The highest BCUT2D eigenvalue weighted by molar-refractivity contribution is 6.78. The second kappa shape index (κ2) is 6.92. The zero-order chi connectivity index (χ0) is 14.6. The molecule has 112 valence electrons. The highest BCUT2D eigenvalue weighted by Crippen LogP contribution is 2.43. The average Bonchev–Trinajstić information content (AvgIpc) is 2.35. The van der Waals surface area contributed by atoms with E-state index in [1.54, 1.807) is 0 Å². The molecule has 1 rings (SSSR count). The maximum absolute atomic E-state index is 12.5. The number of hydrogen-bond acceptors (Lipinski definition) is 2. The predicted octanol–water partition coefficient (Wildman–Crippen LogP) is 5.29. The lowest BCUT2D eigenvalue weighted by molar-refractivity contribution is -0.141. The van der Waals surface area contributed by atoms with Crippen molar-refractivity contribution in [1.29, 1.82) is 0 Å². The van der Waals surface area contributed by atoms with Gasteiger partial charge in [0.15, 0.2) is 0 Å². The van der Waals surface area contributed by atoms with Crippen LogP contribution in [0.4, 0.5) is 0 Å². The van der Waals surface area contributed by atoms with Crippen LogP contribution in [0.1, 0.15) is 73.6 Å². The molecule has 0 unspecified atom stereocenters. The molecule has 0 N–H and O–H groups in total. The molecule has 0 bridgehead atoms. The van der Waals surface area contributed by atoms with Crippen LogP contribution in [0, 0.1) is 5.92 Å². The summed E-state index contributed by atoms with van der Waals surface area (Å²) < 4.78 is 6.26. The Morgan fingerprint density at radius 3 is 1.68 bits per heavy atom. The Morgan fingerprint density at radius 1 is 0.895 bits per heavy atom. The largest absolute Gasteiger partial charge is 0.518 e. The molecule has 0 heterocycles. The van der Waals surface area contributed by atoms with Crippen LogP contribution in [0.15, 0.2) is 0 Å². The fraction of sp³-hybridized carbons (Fsp3) is 0.938. The van der Waals surface area contributed by atoms with Crippen LogP contribution in [0.5, 0.6) is 0 Å². The van der Waals surface area contributed by atoms with E-state index in [-0.39, 0.29) is 11.9 Å². The van der Waals surface area contributed by atoms with E-state index in [0.29, 0.717) is 16.6 Å². The molecule has 1 fully saturated rings. The van der Waals surface area contributed by atoms with E-state index in [4.69, 9.17) is 4.43 Å². The molecule has 0 saturated heterocycles. The van der Waals surface area contributed by atoms with E-state index < -0.39 is 8.32 Å². The van der Waals surface area contributed by atoms with Crippen molar-refractivity contribution >= 4 is 14.3 Å². The third kappa shape index (κ3) is 3.62. The minimum atomic E-state index is -2.02. The molecule has 1 saturated carbocycles. The number of carbonyl (C=O) groups is 1. The Kier molecular flexibility index (Phi) is 6.09. The molecule has 0 radical (unpaired) electrons. The molecule has 0 aromatic rings. The first-order valence-electron chi connectivity index (χ1n) is 8.05. The van der Waals surface area contributed by atoms with Crippen LogP contribution in [0.2, 0.25) is 16.6 Å². The van der Waals surface area contributed by atoms with E-state index in [1.165, 1.54) is 19.3 Å². The first-order valence-corrected chi connectivity index (χ1v) is 10.2. The van der Waals surface area contributed by atoms with Crippen molar-refractivity contribution in [2.45, 2.75) is 90.3 Å². The Hall–Kier alpha value is -0.313. The SMILES string of the molecule is CC(C)[Si](OC(=O)C1CCCCC1)(C(C)C)C(C)C. The monoisotopic (exact) mass is 284 g/mol. The first-order chi connectivity index (χ1) is 8.82. The third-order valence-electron chi connectivity index (χ3n) is 4.92. The standard InChI is InChI=1S/C16H32O2Si/c1-12(2)19(13(3)4,14(5)6)18-16(17)15-10-8-7-9-11-15/h12-15H,7-11H2,1-6H3. The number of hydrogen-bond donors (Lipinski definition) is 0. The van der Waals surface area contributed by atoms with Gasteiger partial charge in [0.2, 0.25) is 0 Å². The molecule has 2 nitrogen and oxygen atoms in total. The summed E-state index contributed by atoms with van der Waals surface area (Å²) in [5.41, 5.74) is 1.46. The van der Waals surface area contributed by atoms with E-state index in [9.17, 15) is 4.79 Å². The summed E-state index contributed by atoms with van der Waals surface area (Å²) in [5, 5.41) is 0. The minimum Gasteiger partial charge on any atom is -0.518 e. The van der Waals surface area contributed by atoms with Crippen molar-refractivity contribution in [3.8, 4) is 0 Å². The van der Waals surface area contributed by atoms with E-state index >= 15 is 0 Å². The van der Waals surface area contributed by atoms with Gasteiger partial charge in [0.05, 0.1) is 5.92 Å². The Bertz CT molecular complexity index is 269. The van der Waals surface area contributed by atoms with E-state index in [1.807, 2.05) is 0 Å². The average molecular weight is 285 g/mol. The minimum absolute atomic E-state index is 0.113. The molecule has 19 heavy (non-hydrogen) atoms. The van der Waals surface area contributed by atoms with Gasteiger partial charge in [0.1, 0.15) is 0 Å². The predicted molar refractivity (Wildman–Crippen MR) is 83.7 cm³/mol. The fourth-order valence-electron chi connectivity index (χ4n) is 3.95. The third-order valence-corrected chi connectivity index (χ3v) is 10.9. The summed E-state index contributed by atoms with van der Waals surface area (Å²) in [5.74, 6) is 0.291. The fourth-order valence-corrected chi connectivity index (χ4v) is 9.17. The van der Waals surface area contributed by atoms with Gasteiger partial charge in [-0.05, 0) is 29.5 Å². The van der Waals surface area contributed by atoms with Crippen LogP contribution in [-0.4, -0.2) is 14.3 Å². The van der Waals surface area contributed by atoms with Crippen molar-refractivity contribution in [1.82, 2.24) is 0 Å². The molecular weight excluding hydrogens is 252 g/mol. The van der Waals surface area contributed by atoms with Crippen LogP contribution < -0.4 is 0 Å². The molecule has 0 aliphatic heterocycles. The lowest BCUT2D eigenvalue weighted by atomic mass is 9.90. The first kappa shape index (κ1) is 16.7. The van der Waals surface area contributed by atoms with Crippen molar-refractivity contribution in [2.24, 2.45) is 5.92 Å². The second-order valence-corrected chi connectivity index (χ2v) is 12.4. The summed E-state index contributed by atoms with van der Waals surface area (Å²) in [6.07, 6.45) is 5.75. The molecule has 1 aliphatic carbocycles. The maximum atomic E-state index is 12.5. The Balaban J connectivity index is 2.84. The van der Waals surface area contributed by atoms with Gasteiger partial charge in [-0.15, -0.1) is 0 Å². The highest BCUT2D eigenvalue weighted by atomic mass is 28.4. The molecule has 0 aromatic carbocycles. The van der Waals surface area contributed by atoms with Gasteiger partial charge in [-0.25, -0.2) is 0 Å². The van der Waals surface area contributed by atoms with Gasteiger partial charge in [-0.3, -0.25) is 4.79 Å². The van der Waals surface area contributed by atoms with Crippen LogP contribution in [0.3, 0.4) is 0 Å². The molecular formula is C16H32O2Si. The summed E-state index contributed by atoms with van der Waals surface area (Å²) >= 11 is 0. The Morgan fingerprint density at radius 2 is 1.32 bits per heavy atom. The van der Waals surface area contributed by atoms with Crippen molar-refractivity contribution in [3.63, 3.8) is 0 Å². The van der Waals surface area contributed by atoms with Crippen molar-refractivity contribution in [2.75, 3.05) is 0 Å². The highest BCUT2D eigenvalue weighted by Gasteiger charge is 2.48. The van der Waals surface area contributed by atoms with Gasteiger partial charge in [-0.1, -0.05) is 60.8 Å². The van der Waals surface area contributed by atoms with Crippen LogP contribution in [0.25, 0.3) is 0 Å². The summed E-state index contributed by atoms with van der Waals surface area (Å²) in [7, 11) is -2.02. The smallest absolute Gasteiger partial charge is 0.295 e. The molecule has 0 amide bonds. The van der Waals surface area contributed by atoms with E-state index in [0.717, 1.165) is 12.8 Å². The quantitative estimate of drug-likeness (QED) is 0.642. The normalized spacial score (nSPS) is 18.4. The van der Waals surface area contributed by atoms with Gasteiger partial charge in [0.25, 0.3) is 14.3 Å². The zero-order valence-electron chi connectivity index (χ0n) is 13.7. The molecule has 0 spiro atoms. The summed E-state index contributed by atoms with van der Waals surface area (Å²) in [6.45, 7) is 13.4. The molecule has 3 heteroatoms. The van der Waals surface area contributed by atoms with Crippen LogP contribution in [-0.2, 0) is 9.22 Å². The number of carbonyl (C=O) groups excluding carboxylic acids is 1. The van der Waals surface area contributed by atoms with Gasteiger partial charge in [-0.2, -0.15) is 0 Å². The van der Waals surface area contributed by atoms with E-state index in [2.05, 4.69) is 41.5 Å². The molecule has 0 atom stereocenters.